The Balaban J connectivity index is 1.91. The van der Waals surface area contributed by atoms with Gasteiger partial charge in [-0.05, 0) is 35.6 Å². The topological polar surface area (TPSA) is 63.8 Å². The van der Waals surface area contributed by atoms with Crippen molar-refractivity contribution in [3.63, 3.8) is 0 Å². The van der Waals surface area contributed by atoms with Crippen LogP contribution in [0.4, 0.5) is 10.8 Å². The molecule has 0 spiro atoms. The molecule has 21 heavy (non-hydrogen) atoms. The summed E-state index contributed by atoms with van der Waals surface area (Å²) >= 11 is 1.39. The van der Waals surface area contributed by atoms with E-state index in [1.807, 2.05) is 42.6 Å². The van der Waals surface area contributed by atoms with Crippen LogP contribution in [0.5, 0.6) is 0 Å². The second-order valence-electron chi connectivity index (χ2n) is 4.79. The van der Waals surface area contributed by atoms with Gasteiger partial charge in [0.25, 0.3) is 0 Å². The Morgan fingerprint density at radius 1 is 1.14 bits per heavy atom. The standard InChI is InChI=1S/C16H16N4S/c1-11(13-8-5-9-18-10-13)19-16-14(15(17)20-21-16)12-6-3-2-4-7-12/h2-11,19H,1H3,(H2,17,20). The van der Waals surface area contributed by atoms with Gasteiger partial charge in [0.05, 0.1) is 11.6 Å². The van der Waals surface area contributed by atoms with Gasteiger partial charge in [0.15, 0.2) is 0 Å². The van der Waals surface area contributed by atoms with E-state index >= 15 is 0 Å². The average Bonchev–Trinajstić information content (AvgIpc) is 2.89. The number of hydrogen-bond donors (Lipinski definition) is 2. The molecule has 4 nitrogen and oxygen atoms in total. The van der Waals surface area contributed by atoms with Crippen molar-refractivity contribution in [2.75, 3.05) is 11.1 Å². The number of benzene rings is 1. The Labute approximate surface area is 127 Å². The quantitative estimate of drug-likeness (QED) is 0.765. The van der Waals surface area contributed by atoms with Crippen LogP contribution in [-0.2, 0) is 0 Å². The van der Waals surface area contributed by atoms with Gasteiger partial charge < -0.3 is 11.1 Å². The first-order chi connectivity index (χ1) is 10.3. The molecule has 0 aliphatic heterocycles. The van der Waals surface area contributed by atoms with Crippen LogP contribution in [0.1, 0.15) is 18.5 Å². The van der Waals surface area contributed by atoms with Crippen molar-refractivity contribution in [2.24, 2.45) is 0 Å². The zero-order valence-electron chi connectivity index (χ0n) is 11.7. The third-order valence-corrected chi connectivity index (χ3v) is 4.11. The average molecular weight is 296 g/mol. The summed E-state index contributed by atoms with van der Waals surface area (Å²) in [5.41, 5.74) is 9.21. The molecule has 0 aliphatic carbocycles. The number of rotatable bonds is 4. The lowest BCUT2D eigenvalue weighted by atomic mass is 10.1. The van der Waals surface area contributed by atoms with Crippen LogP contribution < -0.4 is 11.1 Å². The Hall–Kier alpha value is -2.40. The van der Waals surface area contributed by atoms with Crippen LogP contribution in [0.2, 0.25) is 0 Å². The van der Waals surface area contributed by atoms with Crippen molar-refractivity contribution in [2.45, 2.75) is 13.0 Å². The molecule has 5 heteroatoms. The van der Waals surface area contributed by atoms with E-state index in [9.17, 15) is 0 Å². The predicted octanol–water partition coefficient (Wildman–Crippen LogP) is 3.96. The van der Waals surface area contributed by atoms with Gasteiger partial charge in [-0.2, -0.15) is 4.37 Å². The minimum absolute atomic E-state index is 0.140. The SMILES string of the molecule is CC(Nc1snc(N)c1-c1ccccc1)c1cccnc1. The van der Waals surface area contributed by atoms with Crippen LogP contribution in [0.15, 0.2) is 54.9 Å². The Bertz CT molecular complexity index is 710. The molecule has 0 saturated carbocycles. The molecule has 0 amide bonds. The third kappa shape index (κ3) is 2.87. The number of aromatic nitrogens is 2. The zero-order chi connectivity index (χ0) is 14.7. The molecule has 1 unspecified atom stereocenters. The van der Waals surface area contributed by atoms with Gasteiger partial charge in [0.1, 0.15) is 10.8 Å². The summed E-state index contributed by atoms with van der Waals surface area (Å²) in [6.45, 7) is 2.10. The summed E-state index contributed by atoms with van der Waals surface area (Å²) in [6.07, 6.45) is 3.64. The smallest absolute Gasteiger partial charge is 0.147 e. The molecule has 3 N–H and O–H groups in total. The molecule has 0 fully saturated rings. The van der Waals surface area contributed by atoms with Crippen LogP contribution in [-0.4, -0.2) is 9.36 Å². The molecule has 3 rings (SSSR count). The van der Waals surface area contributed by atoms with Gasteiger partial charge in [-0.15, -0.1) is 0 Å². The highest BCUT2D eigenvalue weighted by molar-refractivity contribution is 7.11. The fourth-order valence-corrected chi connectivity index (χ4v) is 3.02. The monoisotopic (exact) mass is 296 g/mol. The first-order valence-corrected chi connectivity index (χ1v) is 7.50. The van der Waals surface area contributed by atoms with E-state index < -0.39 is 0 Å². The largest absolute Gasteiger partial charge is 0.382 e. The Kier molecular flexibility index (Phi) is 3.83. The molecular formula is C16H16N4S. The van der Waals surface area contributed by atoms with Gasteiger partial charge in [0.2, 0.25) is 0 Å². The van der Waals surface area contributed by atoms with Crippen LogP contribution in [0.25, 0.3) is 11.1 Å². The number of nitrogens with one attached hydrogen (secondary N) is 1. The van der Waals surface area contributed by atoms with Crippen molar-refractivity contribution in [1.82, 2.24) is 9.36 Å². The van der Waals surface area contributed by atoms with E-state index in [0.29, 0.717) is 5.82 Å². The lowest BCUT2D eigenvalue weighted by Crippen LogP contribution is -2.06. The number of pyridine rings is 1. The third-order valence-electron chi connectivity index (χ3n) is 3.31. The van der Waals surface area contributed by atoms with E-state index in [1.165, 1.54) is 11.5 Å². The molecule has 0 saturated heterocycles. The van der Waals surface area contributed by atoms with Crippen LogP contribution >= 0.6 is 11.5 Å². The van der Waals surface area contributed by atoms with E-state index in [1.54, 1.807) is 6.20 Å². The van der Waals surface area contributed by atoms with Crippen molar-refractivity contribution in [1.29, 1.82) is 0 Å². The van der Waals surface area contributed by atoms with Gasteiger partial charge in [-0.1, -0.05) is 36.4 Å². The summed E-state index contributed by atoms with van der Waals surface area (Å²) in [7, 11) is 0. The van der Waals surface area contributed by atoms with Gasteiger partial charge in [-0.3, -0.25) is 4.98 Å². The number of anilines is 2. The summed E-state index contributed by atoms with van der Waals surface area (Å²) in [5, 5.41) is 4.46. The van der Waals surface area contributed by atoms with Crippen LogP contribution in [0.3, 0.4) is 0 Å². The molecule has 2 heterocycles. The minimum Gasteiger partial charge on any atom is -0.382 e. The van der Waals surface area contributed by atoms with Gasteiger partial charge in [0, 0.05) is 12.4 Å². The molecule has 3 aromatic rings. The molecule has 0 radical (unpaired) electrons. The summed E-state index contributed by atoms with van der Waals surface area (Å²) in [5.74, 6) is 0.562. The maximum atomic E-state index is 6.03. The highest BCUT2D eigenvalue weighted by Gasteiger charge is 2.15. The van der Waals surface area contributed by atoms with E-state index in [2.05, 4.69) is 27.7 Å². The molecule has 1 atom stereocenters. The maximum Gasteiger partial charge on any atom is 0.147 e. The normalized spacial score (nSPS) is 12.0. The number of nitrogens with zero attached hydrogens (tertiary/aromatic N) is 2. The van der Waals surface area contributed by atoms with Crippen LogP contribution in [0, 0.1) is 0 Å². The number of nitrogens with two attached hydrogens (primary N) is 1. The van der Waals surface area contributed by atoms with E-state index in [-0.39, 0.29) is 6.04 Å². The van der Waals surface area contributed by atoms with Crippen molar-refractivity contribution in [3.8, 4) is 11.1 Å². The molecule has 106 valence electrons. The highest BCUT2D eigenvalue weighted by atomic mass is 32.1. The Morgan fingerprint density at radius 2 is 1.95 bits per heavy atom. The van der Waals surface area contributed by atoms with Gasteiger partial charge in [-0.25, -0.2) is 0 Å². The molecule has 0 aliphatic rings. The lowest BCUT2D eigenvalue weighted by molar-refractivity contribution is 0.880. The fourth-order valence-electron chi connectivity index (χ4n) is 2.20. The molecule has 2 aromatic heterocycles. The fraction of sp³-hybridized carbons (Fsp3) is 0.125. The molecule has 0 bridgehead atoms. The summed E-state index contributed by atoms with van der Waals surface area (Å²) < 4.78 is 4.28. The van der Waals surface area contributed by atoms with Crippen molar-refractivity contribution in [3.05, 3.63) is 60.4 Å². The predicted molar refractivity (Wildman–Crippen MR) is 88.2 cm³/mol. The lowest BCUT2D eigenvalue weighted by Gasteiger charge is -2.15. The number of nitrogen functional groups attached to an aromatic ring is 1. The second-order valence-corrected chi connectivity index (χ2v) is 5.56. The summed E-state index contributed by atoms with van der Waals surface area (Å²) in [6, 6.07) is 14.2. The van der Waals surface area contributed by atoms with Gasteiger partial charge >= 0.3 is 0 Å². The van der Waals surface area contributed by atoms with Crippen molar-refractivity contribution < 1.29 is 0 Å². The highest BCUT2D eigenvalue weighted by Crippen LogP contribution is 2.38. The minimum atomic E-state index is 0.140. The maximum absolute atomic E-state index is 6.03. The number of hydrogen-bond acceptors (Lipinski definition) is 5. The van der Waals surface area contributed by atoms with E-state index in [0.717, 1.165) is 21.7 Å². The van der Waals surface area contributed by atoms with Crippen molar-refractivity contribution >= 4 is 22.4 Å². The second kappa shape index (κ2) is 5.93. The molecular weight excluding hydrogens is 280 g/mol. The summed E-state index contributed by atoms with van der Waals surface area (Å²) in [4.78, 5) is 4.16. The van der Waals surface area contributed by atoms with E-state index in [4.69, 9.17) is 5.73 Å². The zero-order valence-corrected chi connectivity index (χ0v) is 12.5. The Morgan fingerprint density at radius 3 is 2.67 bits per heavy atom. The first kappa shape index (κ1) is 13.6. The molecule has 1 aromatic carbocycles. The first-order valence-electron chi connectivity index (χ1n) is 6.72.